The Morgan fingerprint density at radius 1 is 1.07 bits per heavy atom. The topological polar surface area (TPSA) is 55.1 Å². The number of oxazole rings is 1. The Kier molecular flexibility index (Phi) is 5.12. The van der Waals surface area contributed by atoms with Crippen LogP contribution in [0.15, 0.2) is 71.1 Å². The molecule has 1 unspecified atom stereocenters. The zero-order chi connectivity index (χ0) is 20.4. The molecule has 0 aliphatic rings. The van der Waals surface area contributed by atoms with E-state index in [2.05, 4.69) is 36.3 Å². The van der Waals surface area contributed by atoms with E-state index in [1.165, 1.54) is 29.8 Å². The van der Waals surface area contributed by atoms with Crippen LogP contribution < -0.4 is 5.32 Å². The van der Waals surface area contributed by atoms with Crippen molar-refractivity contribution in [2.24, 2.45) is 0 Å². The predicted octanol–water partition coefficient (Wildman–Crippen LogP) is 6.40. The Morgan fingerprint density at radius 2 is 1.79 bits per heavy atom. The van der Waals surface area contributed by atoms with Crippen LogP contribution in [0.4, 0.5) is 10.1 Å². The third-order valence-corrected chi connectivity index (χ3v) is 5.09. The highest BCUT2D eigenvalue weighted by Gasteiger charge is 2.12. The van der Waals surface area contributed by atoms with Gasteiger partial charge in [0.1, 0.15) is 11.3 Å². The van der Waals surface area contributed by atoms with Gasteiger partial charge in [-0.1, -0.05) is 19.9 Å². The second-order valence-electron chi connectivity index (χ2n) is 7.09. The first-order valence-electron chi connectivity index (χ1n) is 9.61. The number of aromatic nitrogens is 1. The molecule has 1 amide bonds. The van der Waals surface area contributed by atoms with Crippen molar-refractivity contribution in [3.8, 4) is 11.5 Å². The van der Waals surface area contributed by atoms with Gasteiger partial charge < -0.3 is 9.73 Å². The molecule has 1 N–H and O–H groups in total. The Bertz CT molecular complexity index is 1150. The van der Waals surface area contributed by atoms with Crippen LogP contribution in [0.25, 0.3) is 22.6 Å². The quantitative estimate of drug-likeness (QED) is 0.430. The van der Waals surface area contributed by atoms with Crippen molar-refractivity contribution in [1.29, 1.82) is 0 Å². The van der Waals surface area contributed by atoms with Gasteiger partial charge in [0.25, 0.3) is 5.91 Å². The fraction of sp³-hybridized carbons (Fsp3) is 0.167. The summed E-state index contributed by atoms with van der Waals surface area (Å²) >= 11 is 0. The Balaban J connectivity index is 1.52. The molecule has 1 aromatic heterocycles. The van der Waals surface area contributed by atoms with Gasteiger partial charge in [-0.15, -0.1) is 0 Å². The molecular formula is C24H21FN2O2. The molecule has 0 spiro atoms. The summed E-state index contributed by atoms with van der Waals surface area (Å²) in [6.45, 7) is 4.36. The zero-order valence-electron chi connectivity index (χ0n) is 16.3. The number of hydrogen-bond donors (Lipinski definition) is 1. The van der Waals surface area contributed by atoms with Gasteiger partial charge in [-0.05, 0) is 78.6 Å². The van der Waals surface area contributed by atoms with Crippen molar-refractivity contribution >= 4 is 22.7 Å². The summed E-state index contributed by atoms with van der Waals surface area (Å²) in [7, 11) is 0. The second-order valence-corrected chi connectivity index (χ2v) is 7.09. The lowest BCUT2D eigenvalue weighted by molar-refractivity contribution is 0.102. The Labute approximate surface area is 168 Å². The van der Waals surface area contributed by atoms with Crippen LogP contribution in [0.3, 0.4) is 0 Å². The largest absolute Gasteiger partial charge is 0.436 e. The maximum Gasteiger partial charge on any atom is 0.255 e. The van der Waals surface area contributed by atoms with E-state index in [0.717, 1.165) is 23.1 Å². The van der Waals surface area contributed by atoms with E-state index in [1.807, 2.05) is 18.2 Å². The number of hydrogen-bond acceptors (Lipinski definition) is 3. The number of rotatable bonds is 5. The molecule has 4 nitrogen and oxygen atoms in total. The molecule has 0 aliphatic carbocycles. The van der Waals surface area contributed by atoms with Gasteiger partial charge in [0, 0.05) is 16.8 Å². The highest BCUT2D eigenvalue weighted by atomic mass is 19.1. The number of nitrogens with zero attached hydrogens (tertiary/aromatic N) is 1. The fourth-order valence-corrected chi connectivity index (χ4v) is 3.11. The number of carbonyl (C=O) groups excluding carboxylic acids is 1. The van der Waals surface area contributed by atoms with Crippen LogP contribution >= 0.6 is 0 Å². The molecule has 1 atom stereocenters. The van der Waals surface area contributed by atoms with Crippen LogP contribution in [-0.2, 0) is 0 Å². The monoisotopic (exact) mass is 388 g/mol. The molecule has 0 aliphatic heterocycles. The molecule has 0 saturated carbocycles. The van der Waals surface area contributed by atoms with E-state index >= 15 is 0 Å². The lowest BCUT2D eigenvalue weighted by Crippen LogP contribution is -2.11. The minimum Gasteiger partial charge on any atom is -0.436 e. The lowest BCUT2D eigenvalue weighted by Gasteiger charge is -2.07. The van der Waals surface area contributed by atoms with Crippen LogP contribution in [0.2, 0.25) is 0 Å². The van der Waals surface area contributed by atoms with Gasteiger partial charge in [-0.2, -0.15) is 0 Å². The average Bonchev–Trinajstić information content (AvgIpc) is 3.17. The van der Waals surface area contributed by atoms with Gasteiger partial charge >= 0.3 is 0 Å². The summed E-state index contributed by atoms with van der Waals surface area (Å²) in [5.41, 5.74) is 4.70. The molecule has 4 rings (SSSR count). The highest BCUT2D eigenvalue weighted by molar-refractivity contribution is 6.04. The van der Waals surface area contributed by atoms with Gasteiger partial charge in [-0.3, -0.25) is 4.79 Å². The fourth-order valence-electron chi connectivity index (χ4n) is 3.11. The maximum absolute atomic E-state index is 13.0. The van der Waals surface area contributed by atoms with E-state index in [1.54, 1.807) is 12.1 Å². The average molecular weight is 388 g/mol. The number of anilines is 1. The molecule has 146 valence electrons. The lowest BCUT2D eigenvalue weighted by atomic mass is 9.98. The third-order valence-electron chi connectivity index (χ3n) is 5.09. The number of fused-ring (bicyclic) bond motifs is 1. The summed E-state index contributed by atoms with van der Waals surface area (Å²) in [6.07, 6.45) is 1.07. The van der Waals surface area contributed by atoms with Crippen molar-refractivity contribution in [2.75, 3.05) is 5.32 Å². The first-order chi connectivity index (χ1) is 14.0. The molecule has 29 heavy (non-hydrogen) atoms. The minimum absolute atomic E-state index is 0.294. The van der Waals surface area contributed by atoms with E-state index in [0.29, 0.717) is 23.1 Å². The summed E-state index contributed by atoms with van der Waals surface area (Å²) in [4.78, 5) is 16.9. The summed E-state index contributed by atoms with van der Waals surface area (Å²) in [5.74, 6) is 0.346. The molecule has 0 saturated heterocycles. The molecule has 0 fully saturated rings. The number of benzene rings is 3. The summed E-state index contributed by atoms with van der Waals surface area (Å²) < 4.78 is 18.9. The Hall–Kier alpha value is -3.47. The maximum atomic E-state index is 13.0. The van der Waals surface area contributed by atoms with Crippen molar-refractivity contribution in [3.63, 3.8) is 0 Å². The molecule has 4 aromatic rings. The van der Waals surface area contributed by atoms with Crippen molar-refractivity contribution in [1.82, 2.24) is 4.98 Å². The van der Waals surface area contributed by atoms with Gasteiger partial charge in [-0.25, -0.2) is 9.37 Å². The van der Waals surface area contributed by atoms with Gasteiger partial charge in [0.05, 0.1) is 0 Å². The summed E-state index contributed by atoms with van der Waals surface area (Å²) in [5, 5.41) is 2.80. The van der Waals surface area contributed by atoms with Crippen LogP contribution in [0.5, 0.6) is 0 Å². The molecule has 0 bridgehead atoms. The predicted molar refractivity (Wildman–Crippen MR) is 113 cm³/mol. The summed E-state index contributed by atoms with van der Waals surface area (Å²) in [6, 6.07) is 18.8. The first kappa shape index (κ1) is 18.9. The van der Waals surface area contributed by atoms with Crippen LogP contribution in [-0.4, -0.2) is 10.9 Å². The SMILES string of the molecule is CCC(C)c1ccc2oc(-c3ccc(NC(=O)c4ccc(F)cc4)cc3)nc2c1. The molecular weight excluding hydrogens is 367 g/mol. The molecule has 1 heterocycles. The Morgan fingerprint density at radius 3 is 2.48 bits per heavy atom. The van der Waals surface area contributed by atoms with E-state index < -0.39 is 0 Å². The first-order valence-corrected chi connectivity index (χ1v) is 9.61. The van der Waals surface area contributed by atoms with Crippen molar-refractivity contribution in [2.45, 2.75) is 26.2 Å². The third kappa shape index (κ3) is 4.04. The van der Waals surface area contributed by atoms with Crippen molar-refractivity contribution in [3.05, 3.63) is 83.7 Å². The smallest absolute Gasteiger partial charge is 0.255 e. The number of halogens is 1. The second kappa shape index (κ2) is 7.87. The minimum atomic E-state index is -0.375. The van der Waals surface area contributed by atoms with Crippen LogP contribution in [0, 0.1) is 5.82 Å². The normalized spacial score (nSPS) is 12.1. The van der Waals surface area contributed by atoms with Gasteiger partial charge in [0.2, 0.25) is 5.89 Å². The van der Waals surface area contributed by atoms with E-state index in [-0.39, 0.29) is 11.7 Å². The van der Waals surface area contributed by atoms with Crippen LogP contribution in [0.1, 0.15) is 42.1 Å². The highest BCUT2D eigenvalue weighted by Crippen LogP contribution is 2.28. The standard InChI is InChI=1S/C24H21FN2O2/c1-3-15(2)18-8-13-22-21(14-18)27-24(29-22)17-6-11-20(12-7-17)26-23(28)16-4-9-19(25)10-5-16/h4-15H,3H2,1-2H3,(H,26,28). The van der Waals surface area contributed by atoms with E-state index in [4.69, 9.17) is 4.42 Å². The van der Waals surface area contributed by atoms with Gasteiger partial charge in [0.15, 0.2) is 5.58 Å². The molecule has 0 radical (unpaired) electrons. The van der Waals surface area contributed by atoms with E-state index in [9.17, 15) is 9.18 Å². The molecule has 3 aromatic carbocycles. The molecule has 5 heteroatoms. The number of nitrogens with one attached hydrogen (secondary N) is 1. The number of carbonyl (C=O) groups is 1. The zero-order valence-corrected chi connectivity index (χ0v) is 16.3. The number of amides is 1. The van der Waals surface area contributed by atoms with Crippen molar-refractivity contribution < 1.29 is 13.6 Å².